The van der Waals surface area contributed by atoms with Crippen LogP contribution in [0.3, 0.4) is 0 Å². The van der Waals surface area contributed by atoms with Crippen molar-refractivity contribution in [3.8, 4) is 5.75 Å². The molecule has 7 nitrogen and oxygen atoms in total. The van der Waals surface area contributed by atoms with Crippen LogP contribution in [0.1, 0.15) is 5.56 Å². The van der Waals surface area contributed by atoms with Crippen molar-refractivity contribution >= 4 is 46.0 Å². The Morgan fingerprint density at radius 3 is 2.33 bits per heavy atom. The predicted molar refractivity (Wildman–Crippen MR) is 155 cm³/mol. The first kappa shape index (κ1) is 27.2. The highest BCUT2D eigenvalue weighted by atomic mass is 35.5. The quantitative estimate of drug-likeness (QED) is 0.219. The third-order valence-corrected chi connectivity index (χ3v) is 6.96. The second-order valence-corrected chi connectivity index (χ2v) is 9.77. The third-order valence-electron chi connectivity index (χ3n) is 6.65. The Balaban J connectivity index is 1.30. The average molecular weight is 561 g/mol. The molecule has 0 bridgehead atoms. The molecule has 40 heavy (non-hydrogen) atoms. The number of pyridine rings is 1. The summed E-state index contributed by atoms with van der Waals surface area (Å²) in [5.74, 6) is -0.358. The van der Waals surface area contributed by atoms with Gasteiger partial charge in [-0.2, -0.15) is 0 Å². The van der Waals surface area contributed by atoms with Crippen molar-refractivity contribution in [2.75, 3.05) is 48.8 Å². The fraction of sp³-hybridized carbons (Fsp3) is 0.200. The molecular weight excluding hydrogens is 534 g/mol. The molecule has 4 aromatic rings. The van der Waals surface area contributed by atoms with Gasteiger partial charge in [0.25, 0.3) is 5.69 Å². The first-order valence-corrected chi connectivity index (χ1v) is 13.1. The molecular formula is C30H27ClF2N6O. The van der Waals surface area contributed by atoms with Crippen molar-refractivity contribution in [3.05, 3.63) is 106 Å². The van der Waals surface area contributed by atoms with Gasteiger partial charge in [-0.25, -0.2) is 18.6 Å². The molecule has 0 amide bonds. The number of ether oxygens (including phenoxy) is 1. The minimum Gasteiger partial charge on any atom is -0.500 e. The molecule has 0 radical (unpaired) electrons. The summed E-state index contributed by atoms with van der Waals surface area (Å²) in [6.07, 6.45) is 0. The van der Waals surface area contributed by atoms with Crippen LogP contribution in [0, 0.1) is 18.2 Å². The summed E-state index contributed by atoms with van der Waals surface area (Å²) in [6.45, 7) is 11.4. The van der Waals surface area contributed by atoms with E-state index in [0.717, 1.165) is 44.0 Å². The first-order valence-electron chi connectivity index (χ1n) is 12.7. The topological polar surface area (TPSA) is 57.0 Å². The van der Waals surface area contributed by atoms with Gasteiger partial charge in [0.05, 0.1) is 17.2 Å². The van der Waals surface area contributed by atoms with Gasteiger partial charge in [-0.3, -0.25) is 0 Å². The number of halogens is 3. The molecule has 1 aliphatic heterocycles. The van der Waals surface area contributed by atoms with Gasteiger partial charge in [-0.1, -0.05) is 23.7 Å². The van der Waals surface area contributed by atoms with E-state index in [0.29, 0.717) is 22.3 Å². The molecule has 0 saturated carbocycles. The number of hydrogen-bond donors (Lipinski definition) is 2. The number of piperazine rings is 1. The molecule has 10 heteroatoms. The van der Waals surface area contributed by atoms with Crippen molar-refractivity contribution in [2.24, 2.45) is 0 Å². The molecule has 2 heterocycles. The van der Waals surface area contributed by atoms with Gasteiger partial charge >= 0.3 is 0 Å². The SMILES string of the molecule is [C-]#[N+]c1c(Nc2nc(Nc3ccc(N4CCN(C)CC4)cc3)ccc2Cl)cccc1OCc1c(F)cccc1F. The lowest BCUT2D eigenvalue weighted by Gasteiger charge is -2.34. The number of para-hydroxylation sites is 1. The van der Waals surface area contributed by atoms with E-state index < -0.39 is 11.6 Å². The monoisotopic (exact) mass is 560 g/mol. The van der Waals surface area contributed by atoms with Crippen LogP contribution in [0.5, 0.6) is 5.75 Å². The highest BCUT2D eigenvalue weighted by Gasteiger charge is 2.16. The molecule has 1 aliphatic rings. The third kappa shape index (κ3) is 6.25. The summed E-state index contributed by atoms with van der Waals surface area (Å²) in [7, 11) is 2.14. The molecule has 204 valence electrons. The Hall–Kier alpha value is -4.39. The maximum atomic E-state index is 14.0. The van der Waals surface area contributed by atoms with Crippen LogP contribution in [-0.4, -0.2) is 43.1 Å². The summed E-state index contributed by atoms with van der Waals surface area (Å²) < 4.78 is 33.7. The van der Waals surface area contributed by atoms with Crippen LogP contribution in [0.15, 0.2) is 72.8 Å². The summed E-state index contributed by atoms with van der Waals surface area (Å²) >= 11 is 6.42. The number of likely N-dealkylation sites (N-methyl/N-ethyl adjacent to an activating group) is 1. The average Bonchev–Trinajstić information content (AvgIpc) is 2.95. The van der Waals surface area contributed by atoms with Gasteiger partial charge < -0.3 is 25.2 Å². The van der Waals surface area contributed by atoms with Crippen LogP contribution >= 0.6 is 11.6 Å². The Morgan fingerprint density at radius 2 is 1.62 bits per heavy atom. The number of rotatable bonds is 8. The normalized spacial score (nSPS) is 13.5. The number of anilines is 5. The van der Waals surface area contributed by atoms with E-state index in [-0.39, 0.29) is 23.6 Å². The maximum absolute atomic E-state index is 14.0. The van der Waals surface area contributed by atoms with Crippen molar-refractivity contribution in [3.63, 3.8) is 0 Å². The second-order valence-electron chi connectivity index (χ2n) is 9.37. The van der Waals surface area contributed by atoms with E-state index in [4.69, 9.17) is 22.9 Å². The molecule has 1 aromatic heterocycles. The Labute approximate surface area is 236 Å². The zero-order chi connectivity index (χ0) is 28.1. The van der Waals surface area contributed by atoms with Gasteiger partial charge in [0.2, 0.25) is 0 Å². The zero-order valence-electron chi connectivity index (χ0n) is 21.8. The van der Waals surface area contributed by atoms with Gasteiger partial charge in [0.1, 0.15) is 29.8 Å². The molecule has 2 N–H and O–H groups in total. The van der Waals surface area contributed by atoms with Crippen molar-refractivity contribution in [2.45, 2.75) is 6.61 Å². The lowest BCUT2D eigenvalue weighted by atomic mass is 10.2. The highest BCUT2D eigenvalue weighted by molar-refractivity contribution is 6.33. The van der Waals surface area contributed by atoms with E-state index in [1.54, 1.807) is 30.3 Å². The Bertz CT molecular complexity index is 1510. The molecule has 0 aliphatic carbocycles. The van der Waals surface area contributed by atoms with Crippen molar-refractivity contribution in [1.29, 1.82) is 0 Å². The number of nitrogens with one attached hydrogen (secondary N) is 2. The zero-order valence-corrected chi connectivity index (χ0v) is 22.6. The predicted octanol–water partition coefficient (Wildman–Crippen LogP) is 7.38. The minimum absolute atomic E-state index is 0.134. The molecule has 1 fully saturated rings. The van der Waals surface area contributed by atoms with Gasteiger partial charge in [0, 0.05) is 43.2 Å². The van der Waals surface area contributed by atoms with E-state index in [1.165, 1.54) is 11.8 Å². The molecule has 0 unspecified atom stereocenters. The van der Waals surface area contributed by atoms with Gasteiger partial charge in [-0.15, -0.1) is 0 Å². The van der Waals surface area contributed by atoms with Crippen LogP contribution in [0.4, 0.5) is 43.2 Å². The van der Waals surface area contributed by atoms with Crippen LogP contribution in [0.2, 0.25) is 5.02 Å². The Morgan fingerprint density at radius 1 is 0.925 bits per heavy atom. The van der Waals surface area contributed by atoms with Crippen LogP contribution in [0.25, 0.3) is 4.85 Å². The van der Waals surface area contributed by atoms with Crippen molar-refractivity contribution < 1.29 is 13.5 Å². The van der Waals surface area contributed by atoms with E-state index in [1.807, 2.05) is 12.1 Å². The largest absolute Gasteiger partial charge is 0.500 e. The highest BCUT2D eigenvalue weighted by Crippen LogP contribution is 2.39. The van der Waals surface area contributed by atoms with Gasteiger partial charge in [-0.05, 0) is 67.7 Å². The number of benzene rings is 3. The standard InChI is InChI=1S/C30H27ClF2N6O/c1-34-29-26(7-4-8-27(29)40-19-22-24(32)5-3-6-25(22)33)36-30-23(31)13-14-28(37-30)35-20-9-11-21(12-10-20)39-17-15-38(2)16-18-39/h3-14H,15-19H2,2H3,(H2,35,36,37). The number of hydrogen-bond acceptors (Lipinski definition) is 6. The summed E-state index contributed by atoms with van der Waals surface area (Å²) in [4.78, 5) is 12.9. The summed E-state index contributed by atoms with van der Waals surface area (Å²) in [5.41, 5.74) is 2.37. The van der Waals surface area contributed by atoms with E-state index >= 15 is 0 Å². The molecule has 0 atom stereocenters. The maximum Gasteiger partial charge on any atom is 0.250 e. The lowest BCUT2D eigenvalue weighted by molar-refractivity contribution is 0.294. The lowest BCUT2D eigenvalue weighted by Crippen LogP contribution is -2.44. The molecule has 5 rings (SSSR count). The summed E-state index contributed by atoms with van der Waals surface area (Å²) in [5, 5.41) is 6.74. The Kier molecular flexibility index (Phi) is 8.29. The molecule has 0 spiro atoms. The van der Waals surface area contributed by atoms with Crippen LogP contribution < -0.4 is 20.3 Å². The first-order chi connectivity index (χ1) is 19.4. The minimum atomic E-state index is -0.715. The number of nitrogens with zero attached hydrogens (tertiary/aromatic N) is 4. The van der Waals surface area contributed by atoms with E-state index in [2.05, 4.69) is 49.4 Å². The summed E-state index contributed by atoms with van der Waals surface area (Å²) in [6, 6.07) is 20.2. The van der Waals surface area contributed by atoms with Crippen molar-refractivity contribution in [1.82, 2.24) is 9.88 Å². The second kappa shape index (κ2) is 12.2. The fourth-order valence-electron chi connectivity index (χ4n) is 4.37. The van der Waals surface area contributed by atoms with E-state index in [9.17, 15) is 8.78 Å². The van der Waals surface area contributed by atoms with Crippen LogP contribution in [-0.2, 0) is 6.61 Å². The van der Waals surface area contributed by atoms with Gasteiger partial charge in [0.15, 0.2) is 5.82 Å². The molecule has 3 aromatic carbocycles. The number of aromatic nitrogens is 1. The fourth-order valence-corrected chi connectivity index (χ4v) is 4.52. The smallest absolute Gasteiger partial charge is 0.250 e. The molecule has 1 saturated heterocycles.